The zero-order valence-corrected chi connectivity index (χ0v) is 11.5. The SMILES string of the molecule is COCCN(C)c1c(Cl)cccc1CC(C)N. The fourth-order valence-corrected chi connectivity index (χ4v) is 2.18. The summed E-state index contributed by atoms with van der Waals surface area (Å²) in [6.07, 6.45) is 0.827. The fraction of sp³-hybridized carbons (Fsp3) is 0.538. The van der Waals surface area contributed by atoms with Crippen molar-refractivity contribution >= 4 is 17.3 Å². The van der Waals surface area contributed by atoms with Crippen LogP contribution < -0.4 is 10.6 Å². The van der Waals surface area contributed by atoms with E-state index >= 15 is 0 Å². The van der Waals surface area contributed by atoms with Crippen molar-refractivity contribution in [3.63, 3.8) is 0 Å². The van der Waals surface area contributed by atoms with Crippen LogP contribution in [0.1, 0.15) is 12.5 Å². The van der Waals surface area contributed by atoms with Gasteiger partial charge in [-0.2, -0.15) is 0 Å². The number of nitrogens with two attached hydrogens (primary N) is 1. The Bertz CT molecular complexity index is 355. The molecule has 0 radical (unpaired) electrons. The van der Waals surface area contributed by atoms with Gasteiger partial charge in [-0.25, -0.2) is 0 Å². The summed E-state index contributed by atoms with van der Waals surface area (Å²) < 4.78 is 5.09. The molecular weight excluding hydrogens is 236 g/mol. The van der Waals surface area contributed by atoms with E-state index in [0.717, 1.165) is 23.7 Å². The third-order valence-electron chi connectivity index (χ3n) is 2.62. The molecule has 96 valence electrons. The molecule has 1 aromatic carbocycles. The number of hydrogen-bond donors (Lipinski definition) is 1. The number of nitrogens with zero attached hydrogens (tertiary/aromatic N) is 1. The minimum Gasteiger partial charge on any atom is -0.383 e. The van der Waals surface area contributed by atoms with Gasteiger partial charge >= 0.3 is 0 Å². The van der Waals surface area contributed by atoms with Gasteiger partial charge in [0.1, 0.15) is 0 Å². The largest absolute Gasteiger partial charge is 0.383 e. The fourth-order valence-electron chi connectivity index (χ4n) is 1.84. The highest BCUT2D eigenvalue weighted by Crippen LogP contribution is 2.29. The molecule has 0 heterocycles. The van der Waals surface area contributed by atoms with Crippen molar-refractivity contribution in [2.75, 3.05) is 32.2 Å². The molecule has 0 spiro atoms. The van der Waals surface area contributed by atoms with Gasteiger partial charge in [-0.15, -0.1) is 0 Å². The Hall–Kier alpha value is -0.770. The van der Waals surface area contributed by atoms with E-state index in [9.17, 15) is 0 Å². The molecule has 1 atom stereocenters. The van der Waals surface area contributed by atoms with Gasteiger partial charge in [0, 0.05) is 26.7 Å². The van der Waals surface area contributed by atoms with Crippen LogP contribution in [0.15, 0.2) is 18.2 Å². The zero-order chi connectivity index (χ0) is 12.8. The van der Waals surface area contributed by atoms with Crippen LogP contribution in [0.5, 0.6) is 0 Å². The van der Waals surface area contributed by atoms with Crippen LogP contribution in [0.25, 0.3) is 0 Å². The van der Waals surface area contributed by atoms with Crippen LogP contribution in [0.2, 0.25) is 5.02 Å². The number of halogens is 1. The van der Waals surface area contributed by atoms with Crippen molar-refractivity contribution in [2.24, 2.45) is 5.73 Å². The van der Waals surface area contributed by atoms with Crippen LogP contribution in [-0.4, -0.2) is 33.4 Å². The van der Waals surface area contributed by atoms with Gasteiger partial charge in [-0.1, -0.05) is 23.7 Å². The van der Waals surface area contributed by atoms with Crippen molar-refractivity contribution in [2.45, 2.75) is 19.4 Å². The number of benzene rings is 1. The van der Waals surface area contributed by atoms with Gasteiger partial charge in [0.2, 0.25) is 0 Å². The van der Waals surface area contributed by atoms with E-state index in [1.807, 2.05) is 26.1 Å². The van der Waals surface area contributed by atoms with Crippen LogP contribution in [-0.2, 0) is 11.2 Å². The molecule has 0 aromatic heterocycles. The van der Waals surface area contributed by atoms with E-state index in [1.54, 1.807) is 7.11 Å². The molecule has 0 amide bonds. The molecule has 0 bridgehead atoms. The average molecular weight is 257 g/mol. The zero-order valence-electron chi connectivity index (χ0n) is 10.7. The predicted octanol–water partition coefficient (Wildman–Crippen LogP) is 2.31. The van der Waals surface area contributed by atoms with Crippen LogP contribution in [0, 0.1) is 0 Å². The van der Waals surface area contributed by atoms with E-state index in [4.69, 9.17) is 22.1 Å². The number of methoxy groups -OCH3 is 1. The van der Waals surface area contributed by atoms with E-state index < -0.39 is 0 Å². The van der Waals surface area contributed by atoms with E-state index in [0.29, 0.717) is 6.61 Å². The first-order chi connectivity index (χ1) is 8.06. The maximum Gasteiger partial charge on any atom is 0.0642 e. The molecule has 1 unspecified atom stereocenters. The lowest BCUT2D eigenvalue weighted by atomic mass is 10.0. The summed E-state index contributed by atoms with van der Waals surface area (Å²) in [5.41, 5.74) is 8.10. The third-order valence-corrected chi connectivity index (χ3v) is 2.93. The second kappa shape index (κ2) is 6.84. The Morgan fingerprint density at radius 1 is 1.47 bits per heavy atom. The second-order valence-electron chi connectivity index (χ2n) is 4.34. The normalized spacial score (nSPS) is 12.5. The monoisotopic (exact) mass is 256 g/mol. The van der Waals surface area contributed by atoms with Crippen molar-refractivity contribution in [3.05, 3.63) is 28.8 Å². The third kappa shape index (κ3) is 4.19. The first-order valence-electron chi connectivity index (χ1n) is 5.79. The highest BCUT2D eigenvalue weighted by molar-refractivity contribution is 6.33. The molecule has 0 aliphatic heterocycles. The summed E-state index contributed by atoms with van der Waals surface area (Å²) in [6.45, 7) is 3.49. The molecular formula is C13H21ClN2O. The van der Waals surface area contributed by atoms with E-state index in [1.165, 1.54) is 5.56 Å². The van der Waals surface area contributed by atoms with Gasteiger partial charge in [0.05, 0.1) is 17.3 Å². The Morgan fingerprint density at radius 2 is 2.18 bits per heavy atom. The minimum atomic E-state index is 0.128. The molecule has 0 saturated carbocycles. The van der Waals surface area contributed by atoms with Gasteiger partial charge < -0.3 is 15.4 Å². The number of rotatable bonds is 6. The van der Waals surface area contributed by atoms with Crippen LogP contribution >= 0.6 is 11.6 Å². The lowest BCUT2D eigenvalue weighted by Crippen LogP contribution is -2.25. The first kappa shape index (κ1) is 14.3. The summed E-state index contributed by atoms with van der Waals surface area (Å²) in [6, 6.07) is 6.08. The number of likely N-dealkylation sites (N-methyl/N-ethyl adjacent to an activating group) is 1. The lowest BCUT2D eigenvalue weighted by molar-refractivity contribution is 0.206. The number of ether oxygens (including phenoxy) is 1. The summed E-state index contributed by atoms with van der Waals surface area (Å²) in [4.78, 5) is 2.11. The Balaban J connectivity index is 2.93. The van der Waals surface area contributed by atoms with Gasteiger partial charge in [-0.05, 0) is 25.0 Å². The summed E-state index contributed by atoms with van der Waals surface area (Å²) in [7, 11) is 3.72. The standard InChI is InChI=1S/C13H21ClN2O/c1-10(15)9-11-5-4-6-12(14)13(11)16(2)7-8-17-3/h4-6,10H,7-9,15H2,1-3H3. The quantitative estimate of drug-likeness (QED) is 0.849. The van der Waals surface area contributed by atoms with Crippen molar-refractivity contribution in [1.82, 2.24) is 0 Å². The highest BCUT2D eigenvalue weighted by atomic mass is 35.5. The highest BCUT2D eigenvalue weighted by Gasteiger charge is 2.12. The Kier molecular flexibility index (Phi) is 5.75. The van der Waals surface area contributed by atoms with E-state index in [-0.39, 0.29) is 6.04 Å². The number of anilines is 1. The summed E-state index contributed by atoms with van der Waals surface area (Å²) in [5.74, 6) is 0. The maximum absolute atomic E-state index is 6.26. The molecule has 0 aliphatic carbocycles. The minimum absolute atomic E-state index is 0.128. The topological polar surface area (TPSA) is 38.5 Å². The molecule has 1 rings (SSSR count). The van der Waals surface area contributed by atoms with Crippen molar-refractivity contribution in [3.8, 4) is 0 Å². The lowest BCUT2D eigenvalue weighted by Gasteiger charge is -2.24. The summed E-state index contributed by atoms with van der Waals surface area (Å²) >= 11 is 6.26. The molecule has 1 aromatic rings. The van der Waals surface area contributed by atoms with Crippen LogP contribution in [0.4, 0.5) is 5.69 Å². The molecule has 3 nitrogen and oxygen atoms in total. The van der Waals surface area contributed by atoms with Gasteiger partial charge in [-0.3, -0.25) is 0 Å². The van der Waals surface area contributed by atoms with Gasteiger partial charge in [0.25, 0.3) is 0 Å². The number of para-hydroxylation sites is 1. The van der Waals surface area contributed by atoms with Crippen LogP contribution in [0.3, 0.4) is 0 Å². The maximum atomic E-state index is 6.26. The molecule has 4 heteroatoms. The molecule has 0 aliphatic rings. The molecule has 2 N–H and O–H groups in total. The molecule has 17 heavy (non-hydrogen) atoms. The second-order valence-corrected chi connectivity index (χ2v) is 4.75. The van der Waals surface area contributed by atoms with Crippen molar-refractivity contribution < 1.29 is 4.74 Å². The predicted molar refractivity (Wildman–Crippen MR) is 74.0 cm³/mol. The molecule has 0 saturated heterocycles. The van der Waals surface area contributed by atoms with E-state index in [2.05, 4.69) is 11.0 Å². The van der Waals surface area contributed by atoms with Crippen molar-refractivity contribution in [1.29, 1.82) is 0 Å². The summed E-state index contributed by atoms with van der Waals surface area (Å²) in [5, 5.41) is 0.766. The smallest absolute Gasteiger partial charge is 0.0642 e. The van der Waals surface area contributed by atoms with Gasteiger partial charge in [0.15, 0.2) is 0 Å². The first-order valence-corrected chi connectivity index (χ1v) is 6.17. The Morgan fingerprint density at radius 3 is 2.76 bits per heavy atom. The average Bonchev–Trinajstić information content (AvgIpc) is 2.25. The molecule has 0 fully saturated rings. The number of hydrogen-bond acceptors (Lipinski definition) is 3. The Labute approximate surface area is 109 Å².